The number of ether oxygens (including phenoxy) is 1. The van der Waals surface area contributed by atoms with Crippen molar-refractivity contribution < 1.29 is 35.4 Å². The van der Waals surface area contributed by atoms with Crippen molar-refractivity contribution in [2.75, 3.05) is 13.2 Å². The van der Waals surface area contributed by atoms with E-state index >= 15 is 0 Å². The van der Waals surface area contributed by atoms with Crippen molar-refractivity contribution in [2.24, 2.45) is 0 Å². The molecule has 32 heavy (non-hydrogen) atoms. The molecule has 2 rings (SSSR count). The summed E-state index contributed by atoms with van der Waals surface area (Å²) in [5.41, 5.74) is 0.529. The minimum atomic E-state index is -1.76. The molecule has 1 aromatic heterocycles. The zero-order chi connectivity index (χ0) is 24.0. The van der Waals surface area contributed by atoms with Gasteiger partial charge in [0.1, 0.15) is 30.2 Å². The molecule has 0 bridgehead atoms. The highest BCUT2D eigenvalue weighted by molar-refractivity contribution is 5.87. The fourth-order valence-electron chi connectivity index (χ4n) is 3.64. The number of hydrogen-bond acceptors (Lipinski definition) is 9. The number of benzene rings is 1. The number of H-pyrrole nitrogens is 1. The number of phenolic OH excluding ortho intramolecular Hbond substituents is 1. The maximum Gasteiger partial charge on any atom is 0.248 e. The third-order valence-corrected chi connectivity index (χ3v) is 5.34. The van der Waals surface area contributed by atoms with E-state index in [2.05, 4.69) is 10.3 Å². The normalized spacial score (nSPS) is 17.8. The van der Waals surface area contributed by atoms with Gasteiger partial charge in [0, 0.05) is 23.5 Å². The number of aliphatic hydroxyl groups excluding tert-OH is 5. The molecule has 10 nitrogen and oxygen atoms in total. The molecular formula is C22H34N2O8. The first kappa shape index (κ1) is 26.2. The summed E-state index contributed by atoms with van der Waals surface area (Å²) >= 11 is 0. The van der Waals surface area contributed by atoms with Gasteiger partial charge in [-0.2, -0.15) is 0 Å². The molecule has 8 N–H and O–H groups in total. The lowest BCUT2D eigenvalue weighted by Gasteiger charge is -2.32. The molecule has 1 heterocycles. The summed E-state index contributed by atoms with van der Waals surface area (Å²) in [5, 5.41) is 62.9. The quantitative estimate of drug-likeness (QED) is 0.210. The van der Waals surface area contributed by atoms with Crippen molar-refractivity contribution in [1.29, 1.82) is 0 Å². The molecule has 0 unspecified atom stereocenters. The highest BCUT2D eigenvalue weighted by Crippen LogP contribution is 2.33. The molecule has 0 saturated heterocycles. The van der Waals surface area contributed by atoms with Crippen molar-refractivity contribution in [1.82, 2.24) is 10.3 Å². The topological polar surface area (TPSA) is 176 Å². The Morgan fingerprint density at radius 2 is 1.69 bits per heavy atom. The molecule has 10 heteroatoms. The van der Waals surface area contributed by atoms with Crippen LogP contribution in [0.25, 0.3) is 10.9 Å². The Morgan fingerprint density at radius 1 is 1.03 bits per heavy atom. The SMILES string of the molecule is CC[C@@H](NC(C)C)[C@@H](OC[C@H](O)[C@@H](O)[C@H](O)[C@H](O)CO)c1ccc(O)c2[nH]c(=O)ccc12. The standard InChI is InChI=1S/C22H34N2O8/c1-4-14(23-11(2)3)22(32-10-17(28)21(31)20(30)16(27)9-25)13-5-7-15(26)19-12(13)6-8-18(29)24-19/h5-8,11,14,16-17,20-23,25-28,30-31H,4,9-10H2,1-3H3,(H,24,29)/t14-,16-,17+,20-,21-,22+/m1/s1. The van der Waals surface area contributed by atoms with Gasteiger partial charge in [0.05, 0.1) is 24.8 Å². The Hall–Kier alpha value is -2.05. The Labute approximate surface area is 186 Å². The number of phenols is 1. The molecular weight excluding hydrogens is 420 g/mol. The second-order valence-electron chi connectivity index (χ2n) is 8.17. The van der Waals surface area contributed by atoms with Gasteiger partial charge in [-0.1, -0.05) is 26.8 Å². The summed E-state index contributed by atoms with van der Waals surface area (Å²) in [4.78, 5) is 14.4. The van der Waals surface area contributed by atoms with Crippen molar-refractivity contribution in [3.05, 3.63) is 40.2 Å². The van der Waals surface area contributed by atoms with E-state index in [1.165, 1.54) is 12.1 Å². The van der Waals surface area contributed by atoms with E-state index in [0.29, 0.717) is 17.4 Å². The van der Waals surface area contributed by atoms with Gasteiger partial charge in [-0.25, -0.2) is 0 Å². The van der Waals surface area contributed by atoms with E-state index in [0.717, 1.165) is 0 Å². The number of nitrogens with one attached hydrogen (secondary N) is 2. The van der Waals surface area contributed by atoms with Crippen LogP contribution < -0.4 is 10.9 Å². The Balaban J connectivity index is 2.39. The summed E-state index contributed by atoms with van der Waals surface area (Å²) in [6.07, 6.45) is -6.68. The van der Waals surface area contributed by atoms with E-state index < -0.39 is 37.1 Å². The molecule has 6 atom stereocenters. The Bertz CT molecular complexity index is 918. The molecule has 0 fully saturated rings. The van der Waals surface area contributed by atoms with E-state index in [1.807, 2.05) is 20.8 Å². The average molecular weight is 455 g/mol. The van der Waals surface area contributed by atoms with Gasteiger partial charge < -0.3 is 45.7 Å². The van der Waals surface area contributed by atoms with Gasteiger partial charge in [0.15, 0.2) is 0 Å². The van der Waals surface area contributed by atoms with Crippen LogP contribution in [0, 0.1) is 0 Å². The van der Waals surface area contributed by atoms with E-state index in [9.17, 15) is 30.3 Å². The third kappa shape index (κ3) is 6.26. The highest BCUT2D eigenvalue weighted by Gasteiger charge is 2.32. The molecule has 0 amide bonds. The largest absolute Gasteiger partial charge is 0.506 e. The van der Waals surface area contributed by atoms with Crippen LogP contribution in [0.2, 0.25) is 0 Å². The lowest BCUT2D eigenvalue weighted by Crippen LogP contribution is -2.48. The predicted molar refractivity (Wildman–Crippen MR) is 118 cm³/mol. The van der Waals surface area contributed by atoms with Crippen LogP contribution >= 0.6 is 0 Å². The number of aromatic hydroxyl groups is 1. The number of aliphatic hydroxyl groups is 5. The number of fused-ring (bicyclic) bond motifs is 1. The Morgan fingerprint density at radius 3 is 2.28 bits per heavy atom. The average Bonchev–Trinajstić information content (AvgIpc) is 2.77. The first-order chi connectivity index (χ1) is 15.1. The number of pyridine rings is 1. The lowest BCUT2D eigenvalue weighted by molar-refractivity contribution is -0.137. The van der Waals surface area contributed by atoms with Crippen LogP contribution in [0.5, 0.6) is 5.75 Å². The van der Waals surface area contributed by atoms with Gasteiger partial charge >= 0.3 is 0 Å². The van der Waals surface area contributed by atoms with Crippen molar-refractivity contribution in [2.45, 2.75) is 69.8 Å². The smallest absolute Gasteiger partial charge is 0.248 e. The molecule has 0 saturated carbocycles. The molecule has 1 aromatic carbocycles. The van der Waals surface area contributed by atoms with E-state index in [1.54, 1.807) is 12.1 Å². The molecule has 0 aliphatic rings. The first-order valence-corrected chi connectivity index (χ1v) is 10.7. The third-order valence-electron chi connectivity index (χ3n) is 5.34. The van der Waals surface area contributed by atoms with Crippen LogP contribution in [0.1, 0.15) is 38.9 Å². The summed E-state index contributed by atoms with van der Waals surface area (Å²) in [5.74, 6) is -0.0957. The molecule has 0 aliphatic heterocycles. The first-order valence-electron chi connectivity index (χ1n) is 10.7. The fourth-order valence-corrected chi connectivity index (χ4v) is 3.64. The van der Waals surface area contributed by atoms with Crippen molar-refractivity contribution in [3.8, 4) is 5.75 Å². The number of aromatic nitrogens is 1. The molecule has 0 aliphatic carbocycles. The highest BCUT2D eigenvalue weighted by atomic mass is 16.5. The van der Waals surface area contributed by atoms with E-state index in [-0.39, 0.29) is 35.5 Å². The Kier molecular flexibility index (Phi) is 9.59. The van der Waals surface area contributed by atoms with Crippen LogP contribution in [0.4, 0.5) is 0 Å². The zero-order valence-electron chi connectivity index (χ0n) is 18.5. The molecule has 180 valence electrons. The van der Waals surface area contributed by atoms with Gasteiger partial charge in [0.2, 0.25) is 5.56 Å². The minimum Gasteiger partial charge on any atom is -0.506 e. The summed E-state index contributed by atoms with van der Waals surface area (Å²) in [7, 11) is 0. The fraction of sp³-hybridized carbons (Fsp3) is 0.591. The predicted octanol–water partition coefficient (Wildman–Crippen LogP) is -0.496. The monoisotopic (exact) mass is 454 g/mol. The molecule has 0 spiro atoms. The van der Waals surface area contributed by atoms with Gasteiger partial charge in [-0.05, 0) is 24.1 Å². The lowest BCUT2D eigenvalue weighted by atomic mass is 9.95. The van der Waals surface area contributed by atoms with Crippen LogP contribution in [0.3, 0.4) is 0 Å². The number of rotatable bonds is 12. The second kappa shape index (κ2) is 11.7. The van der Waals surface area contributed by atoms with Crippen LogP contribution in [-0.4, -0.2) is 85.3 Å². The van der Waals surface area contributed by atoms with Crippen LogP contribution in [-0.2, 0) is 4.74 Å². The van der Waals surface area contributed by atoms with Gasteiger partial charge in [0.25, 0.3) is 0 Å². The van der Waals surface area contributed by atoms with Gasteiger partial charge in [-0.3, -0.25) is 4.79 Å². The van der Waals surface area contributed by atoms with Gasteiger partial charge in [-0.15, -0.1) is 0 Å². The molecule has 0 radical (unpaired) electrons. The number of hydrogen-bond donors (Lipinski definition) is 8. The van der Waals surface area contributed by atoms with Crippen molar-refractivity contribution in [3.63, 3.8) is 0 Å². The van der Waals surface area contributed by atoms with E-state index in [4.69, 9.17) is 9.84 Å². The summed E-state index contributed by atoms with van der Waals surface area (Å²) in [6.45, 7) is 4.73. The maximum absolute atomic E-state index is 11.8. The van der Waals surface area contributed by atoms with Crippen LogP contribution in [0.15, 0.2) is 29.1 Å². The second-order valence-corrected chi connectivity index (χ2v) is 8.17. The summed E-state index contributed by atoms with van der Waals surface area (Å²) < 4.78 is 6.01. The minimum absolute atomic E-state index is 0.0957. The number of aromatic amines is 1. The molecule has 2 aromatic rings. The zero-order valence-corrected chi connectivity index (χ0v) is 18.5. The maximum atomic E-state index is 11.8. The summed E-state index contributed by atoms with van der Waals surface area (Å²) in [6, 6.07) is 5.90. The van der Waals surface area contributed by atoms with Crippen molar-refractivity contribution >= 4 is 10.9 Å².